The minimum atomic E-state index is -0.0734. The Morgan fingerprint density at radius 2 is 2.27 bits per heavy atom. The summed E-state index contributed by atoms with van der Waals surface area (Å²) in [7, 11) is 1.88. The Bertz CT molecular complexity index is 546. The topological polar surface area (TPSA) is 83.8 Å². The van der Waals surface area contributed by atoms with Gasteiger partial charge < -0.3 is 16.0 Å². The van der Waals surface area contributed by atoms with Crippen molar-refractivity contribution in [2.24, 2.45) is 22.8 Å². The van der Waals surface area contributed by atoms with Crippen LogP contribution in [0.2, 0.25) is 0 Å². The molecule has 1 saturated heterocycles. The van der Waals surface area contributed by atoms with Gasteiger partial charge in [-0.3, -0.25) is 9.67 Å². The number of aromatic nitrogens is 2. The number of piperidine rings is 1. The second-order valence-electron chi connectivity index (χ2n) is 5.89. The zero-order chi connectivity index (χ0) is 16.0. The van der Waals surface area contributed by atoms with Gasteiger partial charge in [-0.05, 0) is 32.6 Å². The number of likely N-dealkylation sites (tertiary alicyclic amines) is 1. The molecule has 0 aromatic carbocycles. The molecule has 0 spiro atoms. The molecule has 22 heavy (non-hydrogen) atoms. The minimum Gasteiger partial charge on any atom is -0.364 e. The smallest absolute Gasteiger partial charge is 0.127 e. The van der Waals surface area contributed by atoms with Gasteiger partial charge in [-0.25, -0.2) is 4.99 Å². The van der Waals surface area contributed by atoms with E-state index in [1.807, 2.05) is 19.3 Å². The van der Waals surface area contributed by atoms with Gasteiger partial charge in [0.1, 0.15) is 12.5 Å². The normalized spacial score (nSPS) is 18.7. The first-order valence-electron chi connectivity index (χ1n) is 7.43. The monoisotopic (exact) mass is 303 g/mol. The Kier molecular flexibility index (Phi) is 5.32. The highest BCUT2D eigenvalue weighted by atomic mass is 15.3. The van der Waals surface area contributed by atoms with Crippen molar-refractivity contribution in [2.75, 3.05) is 25.1 Å². The average Bonchev–Trinajstić information content (AvgIpc) is 2.88. The molecule has 0 bridgehead atoms. The van der Waals surface area contributed by atoms with E-state index >= 15 is 0 Å². The Hall–Kier alpha value is -2.15. The number of hydrogen-bond acceptors (Lipinski definition) is 5. The van der Waals surface area contributed by atoms with Crippen LogP contribution in [-0.4, -0.2) is 52.5 Å². The van der Waals surface area contributed by atoms with Crippen LogP contribution >= 0.6 is 0 Å². The molecule has 1 aromatic heterocycles. The summed E-state index contributed by atoms with van der Waals surface area (Å²) >= 11 is 0. The van der Waals surface area contributed by atoms with E-state index < -0.39 is 0 Å². The third kappa shape index (κ3) is 4.70. The average molecular weight is 303 g/mol. The van der Waals surface area contributed by atoms with E-state index in [9.17, 15) is 0 Å². The van der Waals surface area contributed by atoms with Crippen molar-refractivity contribution in [1.29, 1.82) is 0 Å². The van der Waals surface area contributed by atoms with Gasteiger partial charge in [0, 0.05) is 38.1 Å². The van der Waals surface area contributed by atoms with Crippen LogP contribution in [0.4, 0.5) is 5.69 Å². The first kappa shape index (κ1) is 16.2. The summed E-state index contributed by atoms with van der Waals surface area (Å²) in [5, 5.41) is 7.34. The van der Waals surface area contributed by atoms with E-state index in [0.717, 1.165) is 37.5 Å². The van der Waals surface area contributed by atoms with Crippen molar-refractivity contribution in [3.63, 3.8) is 0 Å². The molecule has 1 aliphatic rings. The van der Waals surface area contributed by atoms with Crippen LogP contribution in [0.25, 0.3) is 0 Å². The van der Waals surface area contributed by atoms with E-state index in [1.165, 1.54) is 0 Å². The maximum atomic E-state index is 6.18. The number of hydrogen-bond donors (Lipinski definition) is 2. The van der Waals surface area contributed by atoms with Gasteiger partial charge in [0.2, 0.25) is 0 Å². The third-order valence-corrected chi connectivity index (χ3v) is 3.79. The predicted molar refractivity (Wildman–Crippen MR) is 91.2 cm³/mol. The first-order chi connectivity index (χ1) is 10.5. The van der Waals surface area contributed by atoms with Crippen molar-refractivity contribution in [2.45, 2.75) is 25.3 Å². The number of aryl methyl sites for hydroxylation is 1. The highest BCUT2D eigenvalue weighted by Crippen LogP contribution is 2.19. The molecule has 1 aromatic rings. The molecular formula is C15H25N7. The van der Waals surface area contributed by atoms with Crippen LogP contribution in [-0.2, 0) is 7.05 Å². The highest BCUT2D eigenvalue weighted by Gasteiger charge is 2.26. The van der Waals surface area contributed by atoms with Crippen LogP contribution < -0.4 is 11.1 Å². The molecule has 0 radical (unpaired) electrons. The number of nitrogens with two attached hydrogens (primary N) is 1. The van der Waals surface area contributed by atoms with Crippen molar-refractivity contribution < 1.29 is 0 Å². The van der Waals surface area contributed by atoms with Gasteiger partial charge in [-0.15, -0.1) is 0 Å². The van der Waals surface area contributed by atoms with Crippen LogP contribution in [0.3, 0.4) is 0 Å². The van der Waals surface area contributed by atoms with E-state index in [1.54, 1.807) is 17.1 Å². The zero-order valence-corrected chi connectivity index (χ0v) is 13.4. The van der Waals surface area contributed by atoms with E-state index in [4.69, 9.17) is 5.73 Å². The Morgan fingerprint density at radius 1 is 1.55 bits per heavy atom. The molecule has 7 heteroatoms. The molecule has 1 fully saturated rings. The van der Waals surface area contributed by atoms with E-state index in [2.05, 4.69) is 38.9 Å². The fourth-order valence-corrected chi connectivity index (χ4v) is 2.35. The largest absolute Gasteiger partial charge is 0.364 e. The lowest BCUT2D eigenvalue weighted by Gasteiger charge is -2.37. The van der Waals surface area contributed by atoms with Gasteiger partial charge in [0.05, 0.1) is 11.9 Å². The maximum Gasteiger partial charge on any atom is 0.127 e. The number of rotatable bonds is 5. The van der Waals surface area contributed by atoms with Gasteiger partial charge in [0.15, 0.2) is 0 Å². The molecule has 120 valence electrons. The SMILES string of the molecule is C=N/C=C\C(=NCNc1cnn(C)c1)N1CCC(C)(N)CC1. The van der Waals surface area contributed by atoms with Crippen LogP contribution in [0, 0.1) is 0 Å². The molecule has 0 saturated carbocycles. The first-order valence-corrected chi connectivity index (χ1v) is 7.43. The van der Waals surface area contributed by atoms with Crippen molar-refractivity contribution in [1.82, 2.24) is 14.7 Å². The maximum absolute atomic E-state index is 6.18. The molecule has 0 aliphatic carbocycles. The molecule has 1 aliphatic heterocycles. The van der Waals surface area contributed by atoms with Gasteiger partial charge in [-0.1, -0.05) is 0 Å². The summed E-state index contributed by atoms with van der Waals surface area (Å²) in [6.45, 7) is 7.87. The van der Waals surface area contributed by atoms with Crippen LogP contribution in [0.1, 0.15) is 19.8 Å². The summed E-state index contributed by atoms with van der Waals surface area (Å²) in [5.41, 5.74) is 7.06. The summed E-state index contributed by atoms with van der Waals surface area (Å²) in [4.78, 5) is 10.6. The van der Waals surface area contributed by atoms with E-state index in [-0.39, 0.29) is 5.54 Å². The third-order valence-electron chi connectivity index (χ3n) is 3.79. The molecule has 2 heterocycles. The zero-order valence-electron chi connectivity index (χ0n) is 13.4. The number of anilines is 1. The van der Waals surface area contributed by atoms with Crippen molar-refractivity contribution >= 4 is 18.2 Å². The Morgan fingerprint density at radius 3 is 2.86 bits per heavy atom. The summed E-state index contributed by atoms with van der Waals surface area (Å²) < 4.78 is 1.75. The molecule has 0 amide bonds. The fourth-order valence-electron chi connectivity index (χ4n) is 2.35. The standard InChI is InChI=1S/C15H25N7/c1-15(16)5-8-22(9-6-15)14(4-7-17-2)19-12-18-13-10-20-21(3)11-13/h4,7,10-11,18H,2,5-6,8-9,12,16H2,1,3H3/b7-4-,19-14?. The highest BCUT2D eigenvalue weighted by molar-refractivity contribution is 5.93. The number of nitrogens with zero attached hydrogens (tertiary/aromatic N) is 5. The molecule has 2 rings (SSSR count). The van der Waals surface area contributed by atoms with Crippen molar-refractivity contribution in [3.05, 3.63) is 24.7 Å². The second kappa shape index (κ2) is 7.22. The summed E-state index contributed by atoms with van der Waals surface area (Å²) in [6.07, 6.45) is 9.15. The number of nitrogens with one attached hydrogen (secondary N) is 1. The van der Waals surface area contributed by atoms with Gasteiger partial charge in [0.25, 0.3) is 0 Å². The molecule has 0 atom stereocenters. The molecule has 0 unspecified atom stereocenters. The molecule has 3 N–H and O–H groups in total. The molecule has 7 nitrogen and oxygen atoms in total. The number of aliphatic imine (C=N–C) groups is 2. The second-order valence-corrected chi connectivity index (χ2v) is 5.89. The van der Waals surface area contributed by atoms with Crippen LogP contribution in [0.15, 0.2) is 34.7 Å². The summed E-state index contributed by atoms with van der Waals surface area (Å²) in [5.74, 6) is 0.902. The van der Waals surface area contributed by atoms with Gasteiger partial charge >= 0.3 is 0 Å². The van der Waals surface area contributed by atoms with Crippen molar-refractivity contribution in [3.8, 4) is 0 Å². The van der Waals surface area contributed by atoms with Gasteiger partial charge in [-0.2, -0.15) is 5.10 Å². The fraction of sp³-hybridized carbons (Fsp3) is 0.533. The predicted octanol–water partition coefficient (Wildman–Crippen LogP) is 1.22. The minimum absolute atomic E-state index is 0.0734. The lowest BCUT2D eigenvalue weighted by atomic mass is 9.91. The quantitative estimate of drug-likeness (QED) is 0.633. The van der Waals surface area contributed by atoms with Crippen LogP contribution in [0.5, 0.6) is 0 Å². The Balaban J connectivity index is 1.97. The lowest BCUT2D eigenvalue weighted by Crippen LogP contribution is -2.49. The van der Waals surface area contributed by atoms with E-state index in [0.29, 0.717) is 6.67 Å². The Labute approximate surface area is 131 Å². The molecular weight excluding hydrogens is 278 g/mol. The lowest BCUT2D eigenvalue weighted by molar-refractivity contribution is 0.245. The summed E-state index contributed by atoms with van der Waals surface area (Å²) in [6, 6.07) is 0. The number of amidine groups is 1.